The molecule has 3 aromatic heterocycles. The number of carbonyl (C=O) groups excluding carboxylic acids is 1. The number of thiophene rings is 1. The van der Waals surface area contributed by atoms with Gasteiger partial charge in [0.15, 0.2) is 5.82 Å². The lowest BCUT2D eigenvalue weighted by molar-refractivity contribution is -0.140. The van der Waals surface area contributed by atoms with Crippen LogP contribution in [-0.2, 0) is 22.6 Å². The topological polar surface area (TPSA) is 186 Å². The van der Waals surface area contributed by atoms with Gasteiger partial charge in [-0.3, -0.25) is 9.59 Å². The van der Waals surface area contributed by atoms with Gasteiger partial charge in [0, 0.05) is 24.0 Å². The average Bonchev–Trinajstić information content (AvgIpc) is 3.32. The number of aryl methyl sites for hydroxylation is 2. The van der Waals surface area contributed by atoms with Gasteiger partial charge in [0.2, 0.25) is 5.95 Å². The van der Waals surface area contributed by atoms with Crippen LogP contribution in [0.15, 0.2) is 24.4 Å². The number of carboxylic acid groups (broad SMARTS) is 2. The van der Waals surface area contributed by atoms with E-state index in [2.05, 4.69) is 15.3 Å². The quantitative estimate of drug-likeness (QED) is 0.306. The molecule has 3 rings (SSSR count). The Morgan fingerprint density at radius 2 is 1.94 bits per heavy atom. The normalized spacial score (nSPS) is 12.0. The molecule has 31 heavy (non-hydrogen) atoms. The van der Waals surface area contributed by atoms with Crippen LogP contribution in [0.3, 0.4) is 0 Å². The van der Waals surface area contributed by atoms with E-state index in [0.717, 1.165) is 16.8 Å². The summed E-state index contributed by atoms with van der Waals surface area (Å²) in [5.74, 6) is -2.48. The van der Waals surface area contributed by atoms with Gasteiger partial charge in [-0.25, -0.2) is 9.78 Å². The van der Waals surface area contributed by atoms with Crippen LogP contribution in [-0.4, -0.2) is 48.6 Å². The van der Waals surface area contributed by atoms with Crippen LogP contribution in [0, 0.1) is 0 Å². The van der Waals surface area contributed by atoms with Crippen molar-refractivity contribution in [2.24, 2.45) is 0 Å². The first-order valence-electron chi connectivity index (χ1n) is 9.46. The molecule has 0 aliphatic rings. The number of anilines is 2. The maximum absolute atomic E-state index is 12.3. The maximum Gasteiger partial charge on any atom is 0.326 e. The van der Waals surface area contributed by atoms with Crippen molar-refractivity contribution in [3.8, 4) is 0 Å². The summed E-state index contributed by atoms with van der Waals surface area (Å²) >= 11 is 1.27. The SMILES string of the molecule is Nc1nc(N)c2c(ccn2CCCc2ccc(C(=O)N[C@H](CCC(=O)O)C(=O)O)s2)n1. The van der Waals surface area contributed by atoms with E-state index in [1.807, 2.05) is 22.9 Å². The van der Waals surface area contributed by atoms with Gasteiger partial charge in [0.25, 0.3) is 5.91 Å². The zero-order valence-corrected chi connectivity index (χ0v) is 17.3. The van der Waals surface area contributed by atoms with Gasteiger partial charge in [-0.05, 0) is 37.5 Å². The standard InChI is InChI=1S/C19H22N6O5S/c20-16-15-11(23-19(21)24-16)7-9-25(15)8-1-2-10-3-5-13(31-10)17(28)22-12(18(29)30)4-6-14(26)27/h3,5,7,9,12H,1-2,4,6,8H2,(H,22,28)(H,26,27)(H,29,30)(H4,20,21,23,24)/t12-/m1/s1. The Bertz CT molecular complexity index is 1120. The van der Waals surface area contributed by atoms with Crippen molar-refractivity contribution in [1.82, 2.24) is 19.9 Å². The third-order valence-electron chi connectivity index (χ3n) is 4.61. The van der Waals surface area contributed by atoms with Crippen LogP contribution < -0.4 is 16.8 Å². The molecule has 0 bridgehead atoms. The Morgan fingerprint density at radius 3 is 2.65 bits per heavy atom. The second-order valence-corrected chi connectivity index (χ2v) is 8.04. The molecule has 164 valence electrons. The highest BCUT2D eigenvalue weighted by molar-refractivity contribution is 7.14. The molecule has 0 spiro atoms. The second-order valence-electron chi connectivity index (χ2n) is 6.88. The van der Waals surface area contributed by atoms with E-state index in [1.54, 1.807) is 6.07 Å². The molecule has 0 aliphatic carbocycles. The van der Waals surface area contributed by atoms with E-state index >= 15 is 0 Å². The highest BCUT2D eigenvalue weighted by Gasteiger charge is 2.22. The van der Waals surface area contributed by atoms with Crippen LogP contribution in [0.4, 0.5) is 11.8 Å². The predicted molar refractivity (Wildman–Crippen MR) is 115 cm³/mol. The van der Waals surface area contributed by atoms with Crippen LogP contribution in [0.25, 0.3) is 11.0 Å². The lowest BCUT2D eigenvalue weighted by Crippen LogP contribution is -2.40. The highest BCUT2D eigenvalue weighted by atomic mass is 32.1. The van der Waals surface area contributed by atoms with Crippen molar-refractivity contribution in [2.45, 2.75) is 38.3 Å². The van der Waals surface area contributed by atoms with Crippen molar-refractivity contribution in [3.63, 3.8) is 0 Å². The Kier molecular flexibility index (Phi) is 6.70. The van der Waals surface area contributed by atoms with E-state index in [4.69, 9.17) is 16.6 Å². The molecule has 3 aromatic rings. The number of rotatable bonds is 10. The molecule has 3 heterocycles. The molecule has 0 fully saturated rings. The number of nitrogens with one attached hydrogen (secondary N) is 1. The van der Waals surface area contributed by atoms with Gasteiger partial charge in [0.1, 0.15) is 11.6 Å². The summed E-state index contributed by atoms with van der Waals surface area (Å²) in [6, 6.07) is 4.02. The summed E-state index contributed by atoms with van der Waals surface area (Å²) in [5.41, 5.74) is 13.0. The van der Waals surface area contributed by atoms with Crippen LogP contribution in [0.5, 0.6) is 0 Å². The van der Waals surface area contributed by atoms with Crippen LogP contribution in [0.2, 0.25) is 0 Å². The van der Waals surface area contributed by atoms with E-state index in [1.165, 1.54) is 11.3 Å². The monoisotopic (exact) mass is 446 g/mol. The molecule has 0 saturated heterocycles. The van der Waals surface area contributed by atoms with Crippen molar-refractivity contribution in [2.75, 3.05) is 11.5 Å². The number of carbonyl (C=O) groups is 3. The zero-order valence-electron chi connectivity index (χ0n) is 16.4. The molecule has 0 radical (unpaired) electrons. The number of carboxylic acids is 2. The number of nitrogens with zero attached hydrogens (tertiary/aromatic N) is 3. The molecule has 0 aliphatic heterocycles. The van der Waals surface area contributed by atoms with Crippen molar-refractivity contribution in [3.05, 3.63) is 34.2 Å². The van der Waals surface area contributed by atoms with Gasteiger partial charge in [-0.2, -0.15) is 4.98 Å². The second kappa shape index (κ2) is 9.43. The summed E-state index contributed by atoms with van der Waals surface area (Å²) < 4.78 is 1.95. The summed E-state index contributed by atoms with van der Waals surface area (Å²) in [5, 5.41) is 20.3. The lowest BCUT2D eigenvalue weighted by Gasteiger charge is -2.12. The molecular formula is C19H22N6O5S. The zero-order chi connectivity index (χ0) is 22.5. The van der Waals surface area contributed by atoms with E-state index < -0.39 is 23.9 Å². The van der Waals surface area contributed by atoms with E-state index in [0.29, 0.717) is 29.2 Å². The highest BCUT2D eigenvalue weighted by Crippen LogP contribution is 2.22. The van der Waals surface area contributed by atoms with Gasteiger partial charge in [-0.15, -0.1) is 11.3 Å². The Hall–Kier alpha value is -3.67. The lowest BCUT2D eigenvalue weighted by atomic mass is 10.1. The fraction of sp³-hybridized carbons (Fsp3) is 0.316. The Labute approximate surface area is 180 Å². The largest absolute Gasteiger partial charge is 0.481 e. The molecule has 1 atom stereocenters. The summed E-state index contributed by atoms with van der Waals surface area (Å²) in [6.45, 7) is 0.663. The molecule has 1 amide bonds. The molecule has 7 N–H and O–H groups in total. The summed E-state index contributed by atoms with van der Waals surface area (Å²) in [7, 11) is 0. The summed E-state index contributed by atoms with van der Waals surface area (Å²) in [6.07, 6.45) is 2.81. The van der Waals surface area contributed by atoms with Gasteiger partial charge in [-0.1, -0.05) is 0 Å². The van der Waals surface area contributed by atoms with Gasteiger partial charge in [0.05, 0.1) is 10.4 Å². The Morgan fingerprint density at radius 1 is 1.16 bits per heavy atom. The number of amides is 1. The van der Waals surface area contributed by atoms with Crippen molar-refractivity contribution < 1.29 is 24.6 Å². The smallest absolute Gasteiger partial charge is 0.326 e. The fourth-order valence-electron chi connectivity index (χ4n) is 3.15. The van der Waals surface area contributed by atoms with Crippen LogP contribution in [0.1, 0.15) is 33.8 Å². The summed E-state index contributed by atoms with van der Waals surface area (Å²) in [4.78, 5) is 43.7. The minimum atomic E-state index is -1.27. The average molecular weight is 446 g/mol. The first-order chi connectivity index (χ1) is 14.7. The van der Waals surface area contributed by atoms with Crippen molar-refractivity contribution in [1.29, 1.82) is 0 Å². The number of fused-ring (bicyclic) bond motifs is 1. The number of nitrogen functional groups attached to an aromatic ring is 2. The molecule has 0 saturated carbocycles. The number of hydrogen-bond acceptors (Lipinski definition) is 8. The number of hydrogen-bond donors (Lipinski definition) is 5. The maximum atomic E-state index is 12.3. The van der Waals surface area contributed by atoms with E-state index in [9.17, 15) is 19.5 Å². The number of aliphatic carboxylic acids is 2. The first-order valence-corrected chi connectivity index (χ1v) is 10.3. The minimum Gasteiger partial charge on any atom is -0.481 e. The third kappa shape index (κ3) is 5.48. The first kappa shape index (κ1) is 22.0. The van der Waals surface area contributed by atoms with Gasteiger partial charge < -0.3 is 31.6 Å². The molecular weight excluding hydrogens is 424 g/mol. The molecule has 0 unspecified atom stereocenters. The van der Waals surface area contributed by atoms with Crippen LogP contribution >= 0.6 is 11.3 Å². The molecule has 0 aromatic carbocycles. The minimum absolute atomic E-state index is 0.125. The van der Waals surface area contributed by atoms with Gasteiger partial charge >= 0.3 is 11.9 Å². The predicted octanol–water partition coefficient (Wildman–Crippen LogP) is 1.34. The number of aromatic nitrogens is 3. The number of nitrogens with two attached hydrogens (primary N) is 2. The Balaban J connectivity index is 1.57. The van der Waals surface area contributed by atoms with E-state index in [-0.39, 0.29) is 18.8 Å². The van der Waals surface area contributed by atoms with Crippen molar-refractivity contribution >= 4 is 52.0 Å². The fourth-order valence-corrected chi connectivity index (χ4v) is 4.11. The third-order valence-corrected chi connectivity index (χ3v) is 5.76. The molecule has 11 nitrogen and oxygen atoms in total. The molecule has 12 heteroatoms.